The Balaban J connectivity index is 2.21. The number of hydrogen-bond acceptors (Lipinski definition) is 8. The van der Waals surface area contributed by atoms with Crippen LogP contribution in [0.3, 0.4) is 0 Å². The van der Waals surface area contributed by atoms with Crippen molar-refractivity contribution in [2.24, 2.45) is 0 Å². The van der Waals surface area contributed by atoms with Gasteiger partial charge in [0, 0.05) is 6.42 Å². The molecular weight excluding hydrogens is 887 g/mol. The predicted octanol–water partition coefficient (Wildman–Crippen LogP) is 15.1. The van der Waals surface area contributed by atoms with E-state index < -0.39 is 49.5 Å². The standard InChI is InChI=1S/C62H113NO8/c1-3-5-7-9-11-13-15-17-19-21-22-23-24-25-26-27-28-29-30-31-32-33-34-35-36-37-39-41-43-45-47-49-51-56(65)55(54-70-62-61(69)60(68)59(67)57(53-64)71-62)63-58(66)52-50-48-46-44-42-40-38-20-18-16-14-12-10-8-6-4-2/h14,16,20,35-36,38,41,43,49,51,55-57,59-62,64-65,67-69H,3-13,15,17-19,21-34,37,39-40,42,44-48,50,52-54H2,1-2H3,(H,63,66)/b16-14-,36-35+,38-20-,43-41+,51-49+. The Bertz CT molecular complexity index is 1300. The Kier molecular flexibility index (Phi) is 48.4. The van der Waals surface area contributed by atoms with E-state index >= 15 is 0 Å². The summed E-state index contributed by atoms with van der Waals surface area (Å²) in [6.45, 7) is 3.75. The number of carbonyl (C=O) groups excluding carboxylic acids is 1. The number of aliphatic hydroxyl groups is 5. The third kappa shape index (κ3) is 40.9. The number of amides is 1. The lowest BCUT2D eigenvalue weighted by atomic mass is 9.99. The van der Waals surface area contributed by atoms with Crippen LogP contribution >= 0.6 is 0 Å². The number of aliphatic hydroxyl groups excluding tert-OH is 5. The average molecular weight is 1000 g/mol. The molecule has 0 radical (unpaired) electrons. The summed E-state index contributed by atoms with van der Waals surface area (Å²) in [6.07, 6.45) is 63.1. The van der Waals surface area contributed by atoms with Crippen molar-refractivity contribution in [2.75, 3.05) is 13.2 Å². The van der Waals surface area contributed by atoms with E-state index in [0.29, 0.717) is 6.42 Å². The van der Waals surface area contributed by atoms with E-state index in [9.17, 15) is 30.3 Å². The number of nitrogens with one attached hydrogen (secondary N) is 1. The lowest BCUT2D eigenvalue weighted by Gasteiger charge is -2.40. The first-order valence-corrected chi connectivity index (χ1v) is 30.0. The van der Waals surface area contributed by atoms with Crippen molar-refractivity contribution < 1.29 is 39.8 Å². The minimum absolute atomic E-state index is 0.204. The molecule has 6 N–H and O–H groups in total. The molecule has 0 spiro atoms. The van der Waals surface area contributed by atoms with Gasteiger partial charge < -0.3 is 40.3 Å². The molecule has 7 atom stereocenters. The van der Waals surface area contributed by atoms with Gasteiger partial charge in [-0.15, -0.1) is 0 Å². The van der Waals surface area contributed by atoms with Crippen molar-refractivity contribution in [3.8, 4) is 0 Å². The molecule has 0 aliphatic carbocycles. The van der Waals surface area contributed by atoms with Crippen LogP contribution in [0, 0.1) is 0 Å². The molecule has 1 rings (SSSR count). The van der Waals surface area contributed by atoms with Gasteiger partial charge in [-0.25, -0.2) is 0 Å². The molecule has 1 heterocycles. The van der Waals surface area contributed by atoms with Gasteiger partial charge >= 0.3 is 0 Å². The van der Waals surface area contributed by atoms with E-state index in [2.05, 4.69) is 67.8 Å². The first-order valence-electron chi connectivity index (χ1n) is 30.0. The van der Waals surface area contributed by atoms with Crippen LogP contribution in [0.5, 0.6) is 0 Å². The summed E-state index contributed by atoms with van der Waals surface area (Å²) in [5.41, 5.74) is 0. The molecule has 0 saturated carbocycles. The maximum atomic E-state index is 13.0. The molecule has 414 valence electrons. The van der Waals surface area contributed by atoms with E-state index in [1.165, 1.54) is 180 Å². The van der Waals surface area contributed by atoms with Crippen LogP contribution in [0.4, 0.5) is 0 Å². The van der Waals surface area contributed by atoms with E-state index in [1.54, 1.807) is 6.08 Å². The second-order valence-electron chi connectivity index (χ2n) is 20.8. The summed E-state index contributed by atoms with van der Waals surface area (Å²) < 4.78 is 11.2. The van der Waals surface area contributed by atoms with Crippen LogP contribution in [0.2, 0.25) is 0 Å². The topological polar surface area (TPSA) is 149 Å². The number of carbonyl (C=O) groups is 1. The highest BCUT2D eigenvalue weighted by Gasteiger charge is 2.44. The smallest absolute Gasteiger partial charge is 0.220 e. The Morgan fingerprint density at radius 3 is 1.28 bits per heavy atom. The second kappa shape index (κ2) is 51.4. The Morgan fingerprint density at radius 2 is 0.845 bits per heavy atom. The predicted molar refractivity (Wildman–Crippen MR) is 299 cm³/mol. The summed E-state index contributed by atoms with van der Waals surface area (Å²) in [6, 6.07) is -0.838. The molecule has 71 heavy (non-hydrogen) atoms. The van der Waals surface area contributed by atoms with Crippen molar-refractivity contribution in [1.29, 1.82) is 0 Å². The van der Waals surface area contributed by atoms with Gasteiger partial charge in [0.15, 0.2) is 6.29 Å². The van der Waals surface area contributed by atoms with Gasteiger partial charge in [-0.1, -0.05) is 248 Å². The van der Waals surface area contributed by atoms with E-state index in [4.69, 9.17) is 9.47 Å². The van der Waals surface area contributed by atoms with Crippen LogP contribution in [0.1, 0.15) is 271 Å². The van der Waals surface area contributed by atoms with Gasteiger partial charge in [-0.05, 0) is 77.0 Å². The Labute approximate surface area is 436 Å². The fourth-order valence-electron chi connectivity index (χ4n) is 9.28. The van der Waals surface area contributed by atoms with Crippen LogP contribution in [0.15, 0.2) is 60.8 Å². The second-order valence-corrected chi connectivity index (χ2v) is 20.8. The Morgan fingerprint density at radius 1 is 0.479 bits per heavy atom. The number of allylic oxidation sites excluding steroid dienone is 9. The van der Waals surface area contributed by atoms with Crippen LogP contribution in [0.25, 0.3) is 0 Å². The fraction of sp³-hybridized carbons (Fsp3) is 0.823. The van der Waals surface area contributed by atoms with Crippen molar-refractivity contribution in [2.45, 2.75) is 314 Å². The molecule has 1 fully saturated rings. The molecule has 1 amide bonds. The van der Waals surface area contributed by atoms with Crippen molar-refractivity contribution in [3.63, 3.8) is 0 Å². The maximum absolute atomic E-state index is 13.0. The van der Waals surface area contributed by atoms with Gasteiger partial charge in [0.1, 0.15) is 24.4 Å². The number of ether oxygens (including phenoxy) is 2. The van der Waals surface area contributed by atoms with Gasteiger partial charge in [-0.2, -0.15) is 0 Å². The maximum Gasteiger partial charge on any atom is 0.220 e. The van der Waals surface area contributed by atoms with Crippen LogP contribution in [-0.2, 0) is 14.3 Å². The SMILES string of the molecule is CCCCCC/C=C\C/C=C\CCCCCCCC(=O)NC(COC1OC(CO)C(O)C(O)C1O)C(O)/C=C/CC/C=C/CC/C=C/CCCCCCCCCCCCCCCCCCCCCCCC. The first kappa shape index (κ1) is 66.9. The zero-order chi connectivity index (χ0) is 51.5. The van der Waals surface area contributed by atoms with Crippen molar-refractivity contribution in [3.05, 3.63) is 60.8 Å². The Hall–Kier alpha value is -2.11. The molecule has 1 aliphatic heterocycles. The number of hydrogen-bond donors (Lipinski definition) is 6. The highest BCUT2D eigenvalue weighted by molar-refractivity contribution is 5.76. The molecular formula is C62H113NO8. The zero-order valence-corrected chi connectivity index (χ0v) is 46.0. The van der Waals surface area contributed by atoms with Gasteiger partial charge in [0.2, 0.25) is 5.91 Å². The average Bonchev–Trinajstić information content (AvgIpc) is 3.37. The minimum Gasteiger partial charge on any atom is -0.394 e. The summed E-state index contributed by atoms with van der Waals surface area (Å²) >= 11 is 0. The summed E-state index contributed by atoms with van der Waals surface area (Å²) in [5.74, 6) is -0.204. The molecule has 1 saturated heterocycles. The monoisotopic (exact) mass is 1000 g/mol. The van der Waals surface area contributed by atoms with Gasteiger partial charge in [0.05, 0.1) is 25.4 Å². The van der Waals surface area contributed by atoms with E-state index in [0.717, 1.165) is 70.6 Å². The quantitative estimate of drug-likeness (QED) is 0.0261. The first-order chi connectivity index (χ1) is 34.8. The fourth-order valence-corrected chi connectivity index (χ4v) is 9.28. The third-order valence-corrected chi connectivity index (χ3v) is 14.0. The third-order valence-electron chi connectivity index (χ3n) is 14.0. The van der Waals surface area contributed by atoms with Crippen molar-refractivity contribution in [1.82, 2.24) is 5.32 Å². The van der Waals surface area contributed by atoms with E-state index in [1.807, 2.05) is 6.08 Å². The molecule has 0 aromatic rings. The number of unbranched alkanes of at least 4 members (excludes halogenated alkanes) is 33. The molecule has 0 bridgehead atoms. The van der Waals surface area contributed by atoms with E-state index in [-0.39, 0.29) is 12.5 Å². The number of rotatable bonds is 51. The minimum atomic E-state index is -1.58. The lowest BCUT2D eigenvalue weighted by molar-refractivity contribution is -0.302. The summed E-state index contributed by atoms with van der Waals surface area (Å²) in [5, 5.41) is 54.4. The van der Waals surface area contributed by atoms with Gasteiger partial charge in [0.25, 0.3) is 0 Å². The van der Waals surface area contributed by atoms with Gasteiger partial charge in [-0.3, -0.25) is 4.79 Å². The zero-order valence-electron chi connectivity index (χ0n) is 46.0. The molecule has 0 aromatic heterocycles. The molecule has 0 aromatic carbocycles. The highest BCUT2D eigenvalue weighted by Crippen LogP contribution is 2.23. The molecule has 9 nitrogen and oxygen atoms in total. The lowest BCUT2D eigenvalue weighted by Crippen LogP contribution is -2.60. The summed E-state index contributed by atoms with van der Waals surface area (Å²) in [4.78, 5) is 13.0. The molecule has 7 unspecified atom stereocenters. The van der Waals surface area contributed by atoms with Crippen LogP contribution < -0.4 is 5.32 Å². The molecule has 1 aliphatic rings. The normalized spacial score (nSPS) is 19.7. The van der Waals surface area contributed by atoms with Crippen LogP contribution in [-0.4, -0.2) is 87.5 Å². The summed E-state index contributed by atoms with van der Waals surface area (Å²) in [7, 11) is 0. The molecule has 9 heteroatoms. The van der Waals surface area contributed by atoms with Crippen molar-refractivity contribution >= 4 is 5.91 Å². The highest BCUT2D eigenvalue weighted by atomic mass is 16.7. The largest absolute Gasteiger partial charge is 0.394 e.